The highest BCUT2D eigenvalue weighted by Crippen LogP contribution is 2.36. The summed E-state index contributed by atoms with van der Waals surface area (Å²) in [4.78, 5) is 32.6. The van der Waals surface area contributed by atoms with E-state index < -0.39 is 5.25 Å². The quantitative estimate of drug-likeness (QED) is 0.822. The van der Waals surface area contributed by atoms with E-state index >= 15 is 0 Å². The molecule has 3 heterocycles. The van der Waals surface area contributed by atoms with Gasteiger partial charge in [0.15, 0.2) is 5.82 Å². The minimum atomic E-state index is -0.439. The van der Waals surface area contributed by atoms with Crippen LogP contribution in [0.2, 0.25) is 0 Å². The number of carbonyl (C=O) groups is 2. The molecule has 1 aromatic carbocycles. The summed E-state index contributed by atoms with van der Waals surface area (Å²) < 4.78 is 0. The van der Waals surface area contributed by atoms with Gasteiger partial charge in [-0.05, 0) is 24.3 Å². The van der Waals surface area contributed by atoms with E-state index in [-0.39, 0.29) is 18.2 Å². The number of aromatic nitrogens is 1. The molecule has 1 saturated heterocycles. The van der Waals surface area contributed by atoms with Crippen molar-refractivity contribution in [2.75, 3.05) is 40.1 Å². The maximum Gasteiger partial charge on any atom is 0.238 e. The predicted molar refractivity (Wildman–Crippen MR) is 112 cm³/mol. The van der Waals surface area contributed by atoms with Crippen LogP contribution in [-0.4, -0.2) is 46.6 Å². The van der Waals surface area contributed by atoms with Crippen LogP contribution in [-0.2, 0) is 9.59 Å². The first-order valence-corrected chi connectivity index (χ1v) is 10.9. The molecule has 0 unspecified atom stereocenters. The molecule has 4 rings (SSSR count). The van der Waals surface area contributed by atoms with Crippen molar-refractivity contribution in [2.24, 2.45) is 0 Å². The zero-order chi connectivity index (χ0) is 18.6. The number of amides is 2. The molecule has 6 nitrogen and oxygen atoms in total. The molecule has 1 fully saturated rings. The molecule has 0 saturated carbocycles. The van der Waals surface area contributed by atoms with E-state index in [1.165, 1.54) is 11.8 Å². The molecule has 2 aliphatic heterocycles. The molecule has 0 radical (unpaired) electrons. The summed E-state index contributed by atoms with van der Waals surface area (Å²) in [7, 11) is 0. The number of nitrogens with zero attached hydrogens (tertiary/aromatic N) is 2. The minimum Gasteiger partial charge on any atom is -0.353 e. The Kier molecular flexibility index (Phi) is 5.54. The molecule has 8 heteroatoms. The number of benzene rings is 1. The number of rotatable bonds is 4. The van der Waals surface area contributed by atoms with E-state index in [1.807, 2.05) is 48.2 Å². The summed E-state index contributed by atoms with van der Waals surface area (Å²) in [6, 6.07) is 11.3. The Balaban J connectivity index is 1.44. The lowest BCUT2D eigenvalue weighted by molar-refractivity contribution is -0.120. The molecule has 0 spiro atoms. The van der Waals surface area contributed by atoms with Gasteiger partial charge >= 0.3 is 0 Å². The highest BCUT2D eigenvalue weighted by molar-refractivity contribution is 8.01. The molecule has 2 aromatic rings. The Bertz CT molecular complexity index is 855. The highest BCUT2D eigenvalue weighted by atomic mass is 32.2. The number of pyridine rings is 1. The van der Waals surface area contributed by atoms with E-state index in [4.69, 9.17) is 0 Å². The van der Waals surface area contributed by atoms with Crippen molar-refractivity contribution in [1.82, 2.24) is 4.98 Å². The number of hydrogen-bond donors (Lipinski definition) is 2. The zero-order valence-electron chi connectivity index (χ0n) is 14.7. The Morgan fingerprint density at radius 1 is 1.22 bits per heavy atom. The average molecular weight is 401 g/mol. The number of hydrogen-bond acceptors (Lipinski definition) is 6. The molecule has 2 amide bonds. The van der Waals surface area contributed by atoms with Crippen molar-refractivity contribution in [3.8, 4) is 0 Å². The van der Waals surface area contributed by atoms with Crippen molar-refractivity contribution in [1.29, 1.82) is 0 Å². The fourth-order valence-electron chi connectivity index (χ4n) is 3.12. The van der Waals surface area contributed by atoms with Crippen LogP contribution in [0.15, 0.2) is 47.5 Å². The second-order valence-electron chi connectivity index (χ2n) is 6.32. The zero-order valence-corrected chi connectivity index (χ0v) is 16.3. The van der Waals surface area contributed by atoms with Gasteiger partial charge in [-0.2, -0.15) is 11.8 Å². The van der Waals surface area contributed by atoms with Gasteiger partial charge in [-0.3, -0.25) is 9.59 Å². The smallest absolute Gasteiger partial charge is 0.238 e. The van der Waals surface area contributed by atoms with Crippen molar-refractivity contribution in [3.63, 3.8) is 0 Å². The average Bonchev–Trinajstić information content (AvgIpc) is 2.69. The third-order valence-corrected chi connectivity index (χ3v) is 6.67. The first kappa shape index (κ1) is 18.2. The fourth-order valence-corrected chi connectivity index (χ4v) is 5.13. The number of nitrogens with one attached hydrogen (secondary N) is 2. The molecular formula is C19H20N4O2S2. The van der Waals surface area contributed by atoms with Crippen LogP contribution >= 0.6 is 23.5 Å². The first-order chi connectivity index (χ1) is 13.2. The van der Waals surface area contributed by atoms with Crippen molar-refractivity contribution >= 4 is 52.5 Å². The van der Waals surface area contributed by atoms with Crippen LogP contribution in [0, 0.1) is 0 Å². The third-order valence-electron chi connectivity index (χ3n) is 4.45. The number of para-hydroxylation sites is 1. The van der Waals surface area contributed by atoms with Gasteiger partial charge in [-0.1, -0.05) is 12.1 Å². The van der Waals surface area contributed by atoms with Gasteiger partial charge < -0.3 is 15.5 Å². The Morgan fingerprint density at radius 2 is 2.04 bits per heavy atom. The Morgan fingerprint density at radius 3 is 2.89 bits per heavy atom. The van der Waals surface area contributed by atoms with Gasteiger partial charge in [0.1, 0.15) is 0 Å². The lowest BCUT2D eigenvalue weighted by Crippen LogP contribution is -2.35. The monoisotopic (exact) mass is 400 g/mol. The first-order valence-electron chi connectivity index (χ1n) is 8.85. The minimum absolute atomic E-state index is 0.120. The number of fused-ring (bicyclic) bond motifs is 1. The van der Waals surface area contributed by atoms with Crippen molar-refractivity contribution in [2.45, 2.75) is 16.6 Å². The van der Waals surface area contributed by atoms with Crippen LogP contribution in [0.1, 0.15) is 6.42 Å². The molecule has 2 N–H and O–H groups in total. The van der Waals surface area contributed by atoms with Gasteiger partial charge in [0.2, 0.25) is 11.8 Å². The Labute approximate surface area is 166 Å². The fraction of sp³-hybridized carbons (Fsp3) is 0.316. The molecule has 1 aromatic heterocycles. The summed E-state index contributed by atoms with van der Waals surface area (Å²) in [5.41, 5.74) is 1.51. The van der Waals surface area contributed by atoms with Gasteiger partial charge in [0.05, 0.1) is 16.6 Å². The summed E-state index contributed by atoms with van der Waals surface area (Å²) in [5, 5.41) is 5.40. The van der Waals surface area contributed by atoms with Crippen LogP contribution in [0.3, 0.4) is 0 Å². The van der Waals surface area contributed by atoms with E-state index in [0.29, 0.717) is 5.69 Å². The molecule has 2 aliphatic rings. The lowest BCUT2D eigenvalue weighted by atomic mass is 10.2. The molecule has 1 atom stereocenters. The maximum atomic E-state index is 12.6. The highest BCUT2D eigenvalue weighted by Gasteiger charge is 2.29. The van der Waals surface area contributed by atoms with Crippen LogP contribution in [0.5, 0.6) is 0 Å². The van der Waals surface area contributed by atoms with Crippen LogP contribution < -0.4 is 15.5 Å². The largest absolute Gasteiger partial charge is 0.353 e. The van der Waals surface area contributed by atoms with Gasteiger partial charge in [-0.25, -0.2) is 4.98 Å². The summed E-state index contributed by atoms with van der Waals surface area (Å²) in [6.45, 7) is 1.84. The summed E-state index contributed by atoms with van der Waals surface area (Å²) >= 11 is 3.36. The van der Waals surface area contributed by atoms with E-state index in [2.05, 4.69) is 20.5 Å². The second-order valence-corrected chi connectivity index (χ2v) is 8.79. The molecule has 0 bridgehead atoms. The SMILES string of the molecule is O=C(C[C@@H]1Sc2ccccc2NC1=O)Nc1cccnc1N1CCSCC1. The van der Waals surface area contributed by atoms with Crippen molar-refractivity contribution < 1.29 is 9.59 Å². The predicted octanol–water partition coefficient (Wildman–Crippen LogP) is 3.08. The number of thioether (sulfide) groups is 2. The topological polar surface area (TPSA) is 74.3 Å². The van der Waals surface area contributed by atoms with E-state index in [1.54, 1.807) is 6.20 Å². The van der Waals surface area contributed by atoms with Crippen LogP contribution in [0.4, 0.5) is 17.2 Å². The van der Waals surface area contributed by atoms with Gasteiger partial charge in [0.25, 0.3) is 0 Å². The summed E-state index contributed by atoms with van der Waals surface area (Å²) in [6.07, 6.45) is 1.86. The van der Waals surface area contributed by atoms with Gasteiger partial charge in [0, 0.05) is 42.1 Å². The number of carbonyl (C=O) groups excluding carboxylic acids is 2. The summed E-state index contributed by atoms with van der Waals surface area (Å²) in [5.74, 6) is 2.61. The van der Waals surface area contributed by atoms with E-state index in [9.17, 15) is 9.59 Å². The number of anilines is 3. The standard InChI is InChI=1S/C19H20N4O2S2/c24-17(12-16-19(25)22-13-4-1-2-6-15(13)27-16)21-14-5-3-7-20-18(14)23-8-10-26-11-9-23/h1-7,16H,8-12H2,(H,21,24)(H,22,25)/t16-/m0/s1. The molecule has 0 aliphatic carbocycles. The lowest BCUT2D eigenvalue weighted by Gasteiger charge is -2.29. The molecular weight excluding hydrogens is 380 g/mol. The van der Waals surface area contributed by atoms with Gasteiger partial charge in [-0.15, -0.1) is 11.8 Å². The molecule has 140 valence electrons. The van der Waals surface area contributed by atoms with Crippen LogP contribution in [0.25, 0.3) is 0 Å². The third kappa shape index (κ3) is 4.22. The normalized spacial score (nSPS) is 19.2. The molecule has 27 heavy (non-hydrogen) atoms. The second kappa shape index (κ2) is 8.22. The maximum absolute atomic E-state index is 12.6. The Hall–Kier alpha value is -2.19. The van der Waals surface area contributed by atoms with Crippen molar-refractivity contribution in [3.05, 3.63) is 42.6 Å². The van der Waals surface area contributed by atoms with E-state index in [0.717, 1.165) is 41.0 Å².